The standard InChI is InChI=1S/C20H23BrN2O4S2/c21-16-8-5-6-14(10-16)12-29(26,27)13-19(24)22-23-20(25)18-11-15-7-3-1-2-4-9-17(15)28-18/h5-6,8,10-11H,1-4,7,9,12-13H2,(H,22,24)(H,23,25). The molecule has 0 atom stereocenters. The fraction of sp³-hybridized carbons (Fsp3) is 0.400. The molecule has 1 aromatic carbocycles. The first-order chi connectivity index (χ1) is 13.8. The zero-order valence-electron chi connectivity index (χ0n) is 15.9. The quantitative estimate of drug-likeness (QED) is 0.616. The summed E-state index contributed by atoms with van der Waals surface area (Å²) in [4.78, 5) is 26.2. The van der Waals surface area contributed by atoms with Crippen molar-refractivity contribution in [1.29, 1.82) is 0 Å². The number of carbonyl (C=O) groups excluding carboxylic acids is 2. The highest BCUT2D eigenvalue weighted by Crippen LogP contribution is 2.28. The maximum absolute atomic E-state index is 12.4. The molecule has 1 aliphatic rings. The number of thiophene rings is 1. The van der Waals surface area contributed by atoms with Gasteiger partial charge in [0.1, 0.15) is 5.75 Å². The minimum Gasteiger partial charge on any atom is -0.272 e. The SMILES string of the molecule is O=C(CS(=O)(=O)Cc1cccc(Br)c1)NNC(=O)c1cc2c(s1)CCCCCC2. The summed E-state index contributed by atoms with van der Waals surface area (Å²) >= 11 is 4.74. The van der Waals surface area contributed by atoms with E-state index in [1.54, 1.807) is 24.3 Å². The average Bonchev–Trinajstić information content (AvgIpc) is 3.01. The van der Waals surface area contributed by atoms with Gasteiger partial charge in [0.05, 0.1) is 10.6 Å². The zero-order valence-corrected chi connectivity index (χ0v) is 19.1. The molecule has 29 heavy (non-hydrogen) atoms. The highest BCUT2D eigenvalue weighted by Gasteiger charge is 2.20. The Morgan fingerprint density at radius 1 is 1.03 bits per heavy atom. The molecule has 1 heterocycles. The summed E-state index contributed by atoms with van der Waals surface area (Å²) in [5.74, 6) is -2.12. The fourth-order valence-corrected chi connectivity index (χ4v) is 6.17. The van der Waals surface area contributed by atoms with Gasteiger partial charge in [-0.25, -0.2) is 8.42 Å². The van der Waals surface area contributed by atoms with Crippen molar-refractivity contribution in [2.75, 3.05) is 5.75 Å². The lowest BCUT2D eigenvalue weighted by molar-refractivity contribution is -0.119. The van der Waals surface area contributed by atoms with Crippen LogP contribution in [0, 0.1) is 0 Å². The number of hydrogen-bond acceptors (Lipinski definition) is 5. The molecule has 0 unspecified atom stereocenters. The van der Waals surface area contributed by atoms with Crippen LogP contribution < -0.4 is 10.9 Å². The van der Waals surface area contributed by atoms with E-state index >= 15 is 0 Å². The van der Waals surface area contributed by atoms with E-state index in [4.69, 9.17) is 0 Å². The molecule has 0 aliphatic heterocycles. The van der Waals surface area contributed by atoms with Crippen molar-refractivity contribution in [3.05, 3.63) is 55.7 Å². The van der Waals surface area contributed by atoms with Gasteiger partial charge in [-0.15, -0.1) is 11.3 Å². The van der Waals surface area contributed by atoms with E-state index < -0.39 is 27.4 Å². The molecule has 3 rings (SSSR count). The Morgan fingerprint density at radius 2 is 1.79 bits per heavy atom. The first kappa shape index (κ1) is 22.0. The molecule has 1 aromatic heterocycles. The van der Waals surface area contributed by atoms with E-state index in [2.05, 4.69) is 26.8 Å². The van der Waals surface area contributed by atoms with Crippen LogP contribution in [0.2, 0.25) is 0 Å². The number of aryl methyl sites for hydroxylation is 2. The lowest BCUT2D eigenvalue weighted by Crippen LogP contribution is -2.44. The number of fused-ring (bicyclic) bond motifs is 1. The van der Waals surface area contributed by atoms with Crippen molar-refractivity contribution in [2.45, 2.75) is 44.3 Å². The summed E-state index contributed by atoms with van der Waals surface area (Å²) in [6.45, 7) is 0. The van der Waals surface area contributed by atoms with Crippen molar-refractivity contribution in [3.8, 4) is 0 Å². The third kappa shape index (κ3) is 6.65. The number of benzene rings is 1. The number of carbonyl (C=O) groups is 2. The normalized spacial score (nSPS) is 14.4. The molecule has 0 fully saturated rings. The van der Waals surface area contributed by atoms with Crippen molar-refractivity contribution in [1.82, 2.24) is 10.9 Å². The van der Waals surface area contributed by atoms with Crippen molar-refractivity contribution < 1.29 is 18.0 Å². The van der Waals surface area contributed by atoms with E-state index in [1.165, 1.54) is 34.6 Å². The maximum Gasteiger partial charge on any atom is 0.279 e. The second kappa shape index (κ2) is 9.86. The van der Waals surface area contributed by atoms with Gasteiger partial charge in [0.15, 0.2) is 9.84 Å². The van der Waals surface area contributed by atoms with E-state index in [1.807, 2.05) is 6.07 Å². The van der Waals surface area contributed by atoms with Gasteiger partial charge < -0.3 is 0 Å². The Balaban J connectivity index is 1.53. The van der Waals surface area contributed by atoms with Gasteiger partial charge in [-0.05, 0) is 55.0 Å². The monoisotopic (exact) mass is 498 g/mol. The molecule has 0 spiro atoms. The van der Waals surface area contributed by atoms with Crippen LogP contribution >= 0.6 is 27.3 Å². The highest BCUT2D eigenvalue weighted by molar-refractivity contribution is 9.10. The Hall–Kier alpha value is -1.71. The molecular weight excluding hydrogens is 476 g/mol. The van der Waals surface area contributed by atoms with Crippen LogP contribution in [0.4, 0.5) is 0 Å². The van der Waals surface area contributed by atoms with E-state index in [0.717, 1.165) is 30.2 Å². The van der Waals surface area contributed by atoms with E-state index in [9.17, 15) is 18.0 Å². The second-order valence-corrected chi connectivity index (χ2v) is 11.3. The topological polar surface area (TPSA) is 92.3 Å². The first-order valence-corrected chi connectivity index (χ1v) is 12.9. The minimum atomic E-state index is -3.66. The Morgan fingerprint density at radius 3 is 2.55 bits per heavy atom. The average molecular weight is 499 g/mol. The number of amides is 2. The summed E-state index contributed by atoms with van der Waals surface area (Å²) in [6.07, 6.45) is 6.62. The molecule has 0 saturated carbocycles. The minimum absolute atomic E-state index is 0.245. The molecular formula is C20H23BrN2O4S2. The lowest BCUT2D eigenvalue weighted by Gasteiger charge is -2.08. The molecule has 0 radical (unpaired) electrons. The lowest BCUT2D eigenvalue weighted by atomic mass is 10.00. The van der Waals surface area contributed by atoms with Gasteiger partial charge in [-0.2, -0.15) is 0 Å². The summed E-state index contributed by atoms with van der Waals surface area (Å²) in [7, 11) is -3.66. The number of sulfone groups is 1. The van der Waals surface area contributed by atoms with Gasteiger partial charge in [0.2, 0.25) is 0 Å². The van der Waals surface area contributed by atoms with Crippen molar-refractivity contribution >= 4 is 48.9 Å². The molecule has 6 nitrogen and oxygen atoms in total. The molecule has 2 aromatic rings. The fourth-order valence-electron chi connectivity index (χ4n) is 3.31. The van der Waals surface area contributed by atoms with Gasteiger partial charge in [-0.3, -0.25) is 20.4 Å². The number of hydrazine groups is 1. The van der Waals surface area contributed by atoms with Crippen LogP contribution in [0.25, 0.3) is 0 Å². The van der Waals surface area contributed by atoms with Gasteiger partial charge in [-0.1, -0.05) is 40.9 Å². The molecule has 156 valence electrons. The molecule has 0 saturated heterocycles. The van der Waals surface area contributed by atoms with Crippen molar-refractivity contribution in [3.63, 3.8) is 0 Å². The van der Waals surface area contributed by atoms with E-state index in [-0.39, 0.29) is 5.75 Å². The molecule has 0 bridgehead atoms. The summed E-state index contributed by atoms with van der Waals surface area (Å²) in [5, 5.41) is 0. The predicted octanol–water partition coefficient (Wildman–Crippen LogP) is 3.55. The highest BCUT2D eigenvalue weighted by atomic mass is 79.9. The van der Waals surface area contributed by atoms with Crippen LogP contribution in [-0.4, -0.2) is 26.0 Å². The Bertz CT molecular complexity index is 976. The number of hydrogen-bond donors (Lipinski definition) is 2. The Labute approximate surface area is 183 Å². The third-order valence-electron chi connectivity index (χ3n) is 4.66. The largest absolute Gasteiger partial charge is 0.279 e. The van der Waals surface area contributed by atoms with Crippen LogP contribution in [0.1, 0.15) is 51.4 Å². The van der Waals surface area contributed by atoms with Gasteiger partial charge >= 0.3 is 0 Å². The van der Waals surface area contributed by atoms with Crippen molar-refractivity contribution in [2.24, 2.45) is 0 Å². The smallest absolute Gasteiger partial charge is 0.272 e. The van der Waals surface area contributed by atoms with Crippen LogP contribution in [-0.2, 0) is 33.2 Å². The maximum atomic E-state index is 12.4. The predicted molar refractivity (Wildman–Crippen MR) is 117 cm³/mol. The first-order valence-electron chi connectivity index (χ1n) is 9.48. The summed E-state index contributed by atoms with van der Waals surface area (Å²) in [6, 6.07) is 8.80. The summed E-state index contributed by atoms with van der Waals surface area (Å²) < 4.78 is 25.3. The molecule has 9 heteroatoms. The Kier molecular flexibility index (Phi) is 7.48. The van der Waals surface area contributed by atoms with Crippen LogP contribution in [0.5, 0.6) is 0 Å². The van der Waals surface area contributed by atoms with Crippen LogP contribution in [0.3, 0.4) is 0 Å². The molecule has 1 aliphatic carbocycles. The third-order valence-corrected chi connectivity index (χ3v) is 7.87. The number of rotatable bonds is 5. The molecule has 2 amide bonds. The molecule has 2 N–H and O–H groups in total. The summed E-state index contributed by atoms with van der Waals surface area (Å²) in [5.41, 5.74) is 6.35. The van der Waals surface area contributed by atoms with Crippen LogP contribution in [0.15, 0.2) is 34.8 Å². The number of nitrogens with one attached hydrogen (secondary N) is 2. The zero-order chi connectivity index (χ0) is 20.9. The second-order valence-electron chi connectivity index (χ2n) is 7.14. The van der Waals surface area contributed by atoms with Gasteiger partial charge in [0.25, 0.3) is 11.8 Å². The number of halogens is 1. The van der Waals surface area contributed by atoms with Gasteiger partial charge in [0, 0.05) is 9.35 Å². The van der Waals surface area contributed by atoms with E-state index in [0.29, 0.717) is 10.4 Å².